The number of carbonyl (C=O) groups is 3. The van der Waals surface area contributed by atoms with Gasteiger partial charge in [0.2, 0.25) is 0 Å². The van der Waals surface area contributed by atoms with Crippen molar-refractivity contribution >= 4 is 29.2 Å². The number of ketones is 2. The van der Waals surface area contributed by atoms with Crippen LogP contribution in [0.15, 0.2) is 73.3 Å². The van der Waals surface area contributed by atoms with E-state index in [0.717, 1.165) is 99.6 Å². The van der Waals surface area contributed by atoms with E-state index >= 15 is 0 Å². The Morgan fingerprint density at radius 3 is 1.71 bits per heavy atom. The number of rotatable bonds is 3. The van der Waals surface area contributed by atoms with Crippen LogP contribution < -0.4 is 16.0 Å². The molecule has 2 saturated heterocycles. The summed E-state index contributed by atoms with van der Waals surface area (Å²) in [5, 5.41) is 10.7. The highest BCUT2D eigenvalue weighted by Crippen LogP contribution is 2.37. The van der Waals surface area contributed by atoms with Crippen molar-refractivity contribution in [3.63, 3.8) is 0 Å². The first-order valence-corrected chi connectivity index (χ1v) is 16.6. The van der Waals surface area contributed by atoms with Crippen LogP contribution in [0.2, 0.25) is 0 Å². The number of piperidine rings is 2. The van der Waals surface area contributed by atoms with Crippen LogP contribution in [-0.2, 0) is 6.54 Å². The summed E-state index contributed by atoms with van der Waals surface area (Å²) in [6, 6.07) is 15.8. The van der Waals surface area contributed by atoms with Crippen molar-refractivity contribution in [1.29, 1.82) is 0 Å². The molecule has 4 aliphatic heterocycles. The second-order valence-electron chi connectivity index (χ2n) is 12.9. The second-order valence-corrected chi connectivity index (χ2v) is 12.9. The zero-order valence-electron chi connectivity index (χ0n) is 26.8. The molecule has 4 aromatic rings. The van der Waals surface area contributed by atoms with E-state index in [1.54, 1.807) is 12.4 Å². The largest absolute Gasteiger partial charge is 0.379 e. The molecular weight excluding hydrogens is 616 g/mol. The van der Waals surface area contributed by atoms with Gasteiger partial charge >= 0.3 is 0 Å². The molecule has 2 aromatic heterocycles. The predicted octanol–water partition coefficient (Wildman–Crippen LogP) is 6.52. The molecule has 0 atom stereocenters. The molecule has 2 fully saturated rings. The summed E-state index contributed by atoms with van der Waals surface area (Å²) in [5.41, 5.74) is 3.94. The third-order valence-electron chi connectivity index (χ3n) is 9.85. The third kappa shape index (κ3) is 9.30. The third-order valence-corrected chi connectivity index (χ3v) is 9.85. The summed E-state index contributed by atoms with van der Waals surface area (Å²) in [6.07, 6.45) is 15.0. The molecule has 11 nitrogen and oxygen atoms in total. The van der Waals surface area contributed by atoms with Crippen molar-refractivity contribution in [3.8, 4) is 0 Å². The van der Waals surface area contributed by atoms with Gasteiger partial charge in [0.1, 0.15) is 5.82 Å². The Balaban J connectivity index is 0.000000183. The van der Waals surface area contributed by atoms with Crippen molar-refractivity contribution in [2.75, 3.05) is 36.8 Å². The van der Waals surface area contributed by atoms with Crippen molar-refractivity contribution < 1.29 is 14.4 Å². The molecule has 0 saturated carbocycles. The summed E-state index contributed by atoms with van der Waals surface area (Å²) >= 11 is 0. The number of imidazole rings is 2. The highest BCUT2D eigenvalue weighted by Gasteiger charge is 2.38. The first-order valence-electron chi connectivity index (χ1n) is 16.6. The molecule has 2 spiro atoms. The maximum atomic E-state index is 12.3. The van der Waals surface area contributed by atoms with Crippen molar-refractivity contribution in [1.82, 2.24) is 30.2 Å². The molecular formula is C38H52N8O3. The van der Waals surface area contributed by atoms with Gasteiger partial charge in [-0.05, 0) is 75.9 Å². The van der Waals surface area contributed by atoms with Gasteiger partial charge in [0.05, 0.1) is 6.54 Å². The molecule has 0 unspecified atom stereocenters. The molecule has 0 bridgehead atoms. The van der Waals surface area contributed by atoms with Crippen LogP contribution >= 0.6 is 0 Å². The SMILES string of the molecule is C.C.O=C1CCC2(CCN(Cc3ncc[nH]3)CC2)Nc2ccccc21.O=C1CCC2(CCNCC2)Nc2ccccc21.O=Cc1ncc[nH]1. The van der Waals surface area contributed by atoms with E-state index in [4.69, 9.17) is 0 Å². The summed E-state index contributed by atoms with van der Waals surface area (Å²) in [5.74, 6) is 1.95. The summed E-state index contributed by atoms with van der Waals surface area (Å²) in [7, 11) is 0. The van der Waals surface area contributed by atoms with Crippen LogP contribution in [0.3, 0.4) is 0 Å². The number of likely N-dealkylation sites (tertiary alicyclic amines) is 1. The van der Waals surface area contributed by atoms with Gasteiger partial charge in [-0.25, -0.2) is 9.97 Å². The molecule has 2 aromatic carbocycles. The predicted molar refractivity (Wildman–Crippen MR) is 195 cm³/mol. The molecule has 0 aliphatic carbocycles. The van der Waals surface area contributed by atoms with Crippen LogP contribution in [0.4, 0.5) is 11.4 Å². The fourth-order valence-corrected chi connectivity index (χ4v) is 7.07. The average Bonchev–Trinajstić information content (AvgIpc) is 3.79. The van der Waals surface area contributed by atoms with Gasteiger partial charge in [-0.1, -0.05) is 39.1 Å². The Hall–Kier alpha value is -4.61. The zero-order valence-corrected chi connectivity index (χ0v) is 26.8. The summed E-state index contributed by atoms with van der Waals surface area (Å²) in [4.78, 5) is 50.3. The number of Topliss-reactive ketones (excluding diaryl/α,β-unsaturated/α-hetero) is 2. The van der Waals surface area contributed by atoms with Gasteiger partial charge in [-0.15, -0.1) is 0 Å². The Morgan fingerprint density at radius 2 is 1.22 bits per heavy atom. The van der Waals surface area contributed by atoms with E-state index < -0.39 is 0 Å². The van der Waals surface area contributed by atoms with E-state index in [1.165, 1.54) is 6.20 Å². The smallest absolute Gasteiger partial charge is 0.185 e. The summed E-state index contributed by atoms with van der Waals surface area (Å²) < 4.78 is 0. The Morgan fingerprint density at radius 1 is 0.694 bits per heavy atom. The van der Waals surface area contributed by atoms with E-state index in [9.17, 15) is 14.4 Å². The number of hydrogen-bond acceptors (Lipinski definition) is 9. The van der Waals surface area contributed by atoms with Gasteiger partial charge < -0.3 is 25.9 Å². The number of aldehydes is 1. The number of hydrogen-bond donors (Lipinski definition) is 5. The van der Waals surface area contributed by atoms with Crippen LogP contribution in [-0.4, -0.2) is 79.9 Å². The first kappa shape index (κ1) is 37.2. The number of fused-ring (bicyclic) bond motifs is 2. The zero-order chi connectivity index (χ0) is 32.5. The average molecular weight is 669 g/mol. The fourth-order valence-electron chi connectivity index (χ4n) is 7.07. The number of nitrogens with zero attached hydrogens (tertiary/aromatic N) is 3. The topological polar surface area (TPSA) is 148 Å². The highest BCUT2D eigenvalue weighted by molar-refractivity contribution is 6.02. The Kier molecular flexibility index (Phi) is 13.0. The normalized spacial score (nSPS) is 18.9. The van der Waals surface area contributed by atoms with Crippen molar-refractivity contribution in [2.45, 2.75) is 83.8 Å². The second kappa shape index (κ2) is 17.2. The Labute approximate surface area is 290 Å². The van der Waals surface area contributed by atoms with Crippen LogP contribution in [0.25, 0.3) is 0 Å². The summed E-state index contributed by atoms with van der Waals surface area (Å²) in [6.45, 7) is 5.03. The van der Waals surface area contributed by atoms with Crippen LogP contribution in [0.1, 0.15) is 103 Å². The molecule has 6 heterocycles. The lowest BCUT2D eigenvalue weighted by Crippen LogP contribution is -2.48. The number of nitrogens with one attached hydrogen (secondary N) is 5. The number of aromatic nitrogens is 4. The molecule has 262 valence electrons. The number of H-pyrrole nitrogens is 2. The van der Waals surface area contributed by atoms with Gasteiger partial charge in [0.25, 0.3) is 0 Å². The molecule has 8 rings (SSSR count). The van der Waals surface area contributed by atoms with E-state index in [1.807, 2.05) is 54.7 Å². The maximum absolute atomic E-state index is 12.3. The van der Waals surface area contributed by atoms with E-state index in [0.29, 0.717) is 25.0 Å². The van der Waals surface area contributed by atoms with E-state index in [-0.39, 0.29) is 37.5 Å². The van der Waals surface area contributed by atoms with Crippen LogP contribution in [0, 0.1) is 0 Å². The minimum Gasteiger partial charge on any atom is -0.379 e. The molecule has 11 heteroatoms. The maximum Gasteiger partial charge on any atom is 0.185 e. The minimum absolute atomic E-state index is 0. The minimum atomic E-state index is 0. The number of benzene rings is 2. The lowest BCUT2D eigenvalue weighted by Gasteiger charge is -2.42. The van der Waals surface area contributed by atoms with Gasteiger partial charge in [-0.2, -0.15) is 0 Å². The lowest BCUT2D eigenvalue weighted by atomic mass is 9.83. The standard InChI is InChI=1S/C18H22N4O.C14H18N2O.C4H4N2O.2CH4/c23-16-5-6-18(21-15-4-2-1-3-14(15)16)7-11-22(12-8-18)13-17-19-9-10-20-17;17-13-5-6-14(7-9-15-10-8-14)16-12-4-2-1-3-11(12)13;7-3-4-5-1-2-6-4;;/h1-4,9-10,21H,5-8,11-13H2,(H,19,20);1-4,15-16H,5-10H2;1-3H,(H,5,6);2*1H4. The lowest BCUT2D eigenvalue weighted by molar-refractivity contribution is 0.0960. The highest BCUT2D eigenvalue weighted by atomic mass is 16.1. The fraction of sp³-hybridized carbons (Fsp3) is 0.447. The molecule has 49 heavy (non-hydrogen) atoms. The van der Waals surface area contributed by atoms with Gasteiger partial charge in [0, 0.05) is 84.3 Å². The van der Waals surface area contributed by atoms with Crippen molar-refractivity contribution in [2.24, 2.45) is 0 Å². The van der Waals surface area contributed by atoms with Gasteiger partial charge in [-0.3, -0.25) is 19.3 Å². The number of para-hydroxylation sites is 2. The molecule has 0 amide bonds. The van der Waals surface area contributed by atoms with Gasteiger partial charge in [0.15, 0.2) is 23.7 Å². The number of aromatic amines is 2. The first-order chi connectivity index (χ1) is 23.0. The quantitative estimate of drug-likeness (QED) is 0.154. The molecule has 0 radical (unpaired) electrons. The number of carbonyl (C=O) groups excluding carboxylic acids is 3. The van der Waals surface area contributed by atoms with E-state index in [2.05, 4.69) is 40.8 Å². The van der Waals surface area contributed by atoms with Crippen molar-refractivity contribution in [3.05, 3.63) is 96.1 Å². The molecule has 4 aliphatic rings. The monoisotopic (exact) mass is 668 g/mol. The molecule has 5 N–H and O–H groups in total. The number of anilines is 2. The van der Waals surface area contributed by atoms with Crippen LogP contribution in [0.5, 0.6) is 0 Å². The Bertz CT molecular complexity index is 1620.